The number of carbonyl (C=O) groups is 1. The Balaban J connectivity index is 1.43. The van der Waals surface area contributed by atoms with Gasteiger partial charge in [0, 0.05) is 44.7 Å². The van der Waals surface area contributed by atoms with Crippen LogP contribution in [-0.2, 0) is 21.5 Å². The highest BCUT2D eigenvalue weighted by Gasteiger charge is 2.29. The summed E-state index contributed by atoms with van der Waals surface area (Å²) in [5.41, 5.74) is 1.68. The van der Waals surface area contributed by atoms with Crippen molar-refractivity contribution >= 4 is 21.9 Å². The van der Waals surface area contributed by atoms with E-state index in [0.717, 1.165) is 17.4 Å². The second kappa shape index (κ2) is 10.3. The predicted octanol–water partition coefficient (Wildman–Crippen LogP) is 1.82. The average molecular weight is 545 g/mol. The van der Waals surface area contributed by atoms with Crippen LogP contribution < -0.4 is 9.62 Å². The van der Waals surface area contributed by atoms with Crippen molar-refractivity contribution in [1.82, 2.24) is 33.9 Å². The molecule has 5 rings (SSSR count). The molecule has 1 N–H and O–H groups in total. The van der Waals surface area contributed by atoms with Gasteiger partial charge in [0.1, 0.15) is 23.5 Å². The fourth-order valence-corrected chi connectivity index (χ4v) is 5.21. The number of amides is 1. The molecule has 0 saturated carbocycles. The number of anilines is 1. The van der Waals surface area contributed by atoms with Crippen molar-refractivity contribution < 1.29 is 26.5 Å². The molecule has 1 fully saturated rings. The number of hydrogen-bond donors (Lipinski definition) is 1. The van der Waals surface area contributed by atoms with Crippen molar-refractivity contribution in [1.29, 1.82) is 0 Å². The maximum Gasteiger partial charge on any atom is 0.303 e. The number of benzene rings is 1. The molecule has 4 aromatic rings. The van der Waals surface area contributed by atoms with Crippen LogP contribution in [0.3, 0.4) is 0 Å². The van der Waals surface area contributed by atoms with Crippen molar-refractivity contribution in [2.75, 3.05) is 31.1 Å². The van der Waals surface area contributed by atoms with Crippen LogP contribution in [0.25, 0.3) is 22.9 Å². The van der Waals surface area contributed by atoms with Gasteiger partial charge >= 0.3 is 10.2 Å². The van der Waals surface area contributed by atoms with E-state index in [1.165, 1.54) is 17.0 Å². The van der Waals surface area contributed by atoms with Gasteiger partial charge in [0.15, 0.2) is 17.5 Å². The van der Waals surface area contributed by atoms with Crippen molar-refractivity contribution in [3.63, 3.8) is 0 Å². The van der Waals surface area contributed by atoms with Crippen LogP contribution in [0, 0.1) is 11.6 Å². The van der Waals surface area contributed by atoms with Gasteiger partial charge in [-0.1, -0.05) is 23.4 Å². The van der Waals surface area contributed by atoms with Crippen molar-refractivity contribution in [3.05, 3.63) is 66.1 Å². The summed E-state index contributed by atoms with van der Waals surface area (Å²) in [6, 6.07) is 9.58. The molecular weight excluding hydrogens is 522 g/mol. The normalized spacial score (nSPS) is 14.6. The van der Waals surface area contributed by atoms with Gasteiger partial charge in [0.05, 0.1) is 18.4 Å². The van der Waals surface area contributed by atoms with Gasteiger partial charge in [0.25, 0.3) is 0 Å². The number of nitrogens with zero attached hydrogens (tertiary/aromatic N) is 7. The van der Waals surface area contributed by atoms with E-state index in [4.69, 9.17) is 4.52 Å². The first kappa shape index (κ1) is 25.4. The van der Waals surface area contributed by atoms with Gasteiger partial charge < -0.3 is 9.42 Å². The molecule has 0 bridgehead atoms. The number of hydrogen-bond acceptors (Lipinski definition) is 9. The van der Waals surface area contributed by atoms with E-state index in [-0.39, 0.29) is 44.4 Å². The first-order valence-electron chi connectivity index (χ1n) is 11.5. The Kier molecular flexibility index (Phi) is 6.86. The zero-order valence-electron chi connectivity index (χ0n) is 20.1. The average Bonchev–Trinajstić information content (AvgIpc) is 3.55. The minimum atomic E-state index is -3.97. The largest absolute Gasteiger partial charge is 0.364 e. The standard InChI is InChI=1S/C23H22F2N8O4S/c1-15(34)30-38(35,36)32-9-7-31(8-10-32)23-18(25)13-26-22(27-23)20-12-21(19-6-11-37-29-19)33(28-20)14-16-4-2-3-5-17(16)24/h2-6,11-13H,7-10,14H2,1H3,(H,30,34). The van der Waals surface area contributed by atoms with Crippen LogP contribution in [0.5, 0.6) is 0 Å². The summed E-state index contributed by atoms with van der Waals surface area (Å²) in [5, 5.41) is 8.48. The third kappa shape index (κ3) is 5.24. The van der Waals surface area contributed by atoms with Crippen LogP contribution >= 0.6 is 0 Å². The molecule has 198 valence electrons. The van der Waals surface area contributed by atoms with E-state index in [9.17, 15) is 22.0 Å². The smallest absolute Gasteiger partial charge is 0.303 e. The fraction of sp³-hybridized carbons (Fsp3) is 0.261. The Morgan fingerprint density at radius 3 is 2.53 bits per heavy atom. The Morgan fingerprint density at radius 1 is 1.08 bits per heavy atom. The molecule has 4 heterocycles. The minimum absolute atomic E-state index is 0.0155. The maximum atomic E-state index is 14.8. The molecule has 15 heteroatoms. The molecule has 3 aromatic heterocycles. The van der Waals surface area contributed by atoms with E-state index in [1.807, 2.05) is 4.72 Å². The summed E-state index contributed by atoms with van der Waals surface area (Å²) in [6.07, 6.45) is 2.41. The van der Waals surface area contributed by atoms with E-state index in [1.54, 1.807) is 35.2 Å². The maximum absolute atomic E-state index is 14.8. The molecule has 0 unspecified atom stereocenters. The minimum Gasteiger partial charge on any atom is -0.364 e. The van der Waals surface area contributed by atoms with E-state index in [0.29, 0.717) is 22.6 Å². The number of rotatable bonds is 7. The summed E-state index contributed by atoms with van der Waals surface area (Å²) in [7, 11) is -3.97. The van der Waals surface area contributed by atoms with Gasteiger partial charge in [-0.25, -0.2) is 23.5 Å². The van der Waals surface area contributed by atoms with Crippen LogP contribution in [0.1, 0.15) is 12.5 Å². The lowest BCUT2D eigenvalue weighted by atomic mass is 10.2. The molecule has 1 aliphatic rings. The molecule has 1 aromatic carbocycles. The van der Waals surface area contributed by atoms with Crippen LogP contribution in [0.15, 0.2) is 53.4 Å². The second-order valence-electron chi connectivity index (χ2n) is 8.46. The van der Waals surface area contributed by atoms with Gasteiger partial charge in [-0.2, -0.15) is 17.8 Å². The lowest BCUT2D eigenvalue weighted by Gasteiger charge is -2.34. The molecular formula is C23H22F2N8O4S. The second-order valence-corrected chi connectivity index (χ2v) is 10.1. The molecule has 0 aliphatic carbocycles. The number of aromatic nitrogens is 5. The number of halogens is 2. The number of piperazine rings is 1. The third-order valence-corrected chi connectivity index (χ3v) is 7.45. The summed E-state index contributed by atoms with van der Waals surface area (Å²) in [5.74, 6) is -1.67. The van der Waals surface area contributed by atoms with Crippen LogP contribution in [0.2, 0.25) is 0 Å². The summed E-state index contributed by atoms with van der Waals surface area (Å²) < 4.78 is 63.1. The molecule has 0 radical (unpaired) electrons. The number of nitrogens with one attached hydrogen (secondary N) is 1. The third-order valence-electron chi connectivity index (χ3n) is 5.86. The Labute approximate surface area is 216 Å². The van der Waals surface area contributed by atoms with Crippen molar-refractivity contribution in [3.8, 4) is 22.9 Å². The summed E-state index contributed by atoms with van der Waals surface area (Å²) in [6.45, 7) is 1.52. The Morgan fingerprint density at radius 2 is 1.84 bits per heavy atom. The topological polar surface area (TPSA) is 139 Å². The van der Waals surface area contributed by atoms with Gasteiger partial charge in [-0.05, 0) is 12.1 Å². The highest BCUT2D eigenvalue weighted by molar-refractivity contribution is 7.87. The van der Waals surface area contributed by atoms with Crippen molar-refractivity contribution in [2.45, 2.75) is 13.5 Å². The molecule has 0 spiro atoms. The molecule has 1 amide bonds. The first-order chi connectivity index (χ1) is 18.2. The molecule has 1 saturated heterocycles. The Hall–Kier alpha value is -4.24. The SMILES string of the molecule is CC(=O)NS(=O)(=O)N1CCN(c2nc(-c3cc(-c4ccon4)n(Cc4ccccc4F)n3)ncc2F)CC1. The molecule has 38 heavy (non-hydrogen) atoms. The zero-order chi connectivity index (χ0) is 26.9. The van der Waals surface area contributed by atoms with Crippen LogP contribution in [-0.4, -0.2) is 69.7 Å². The summed E-state index contributed by atoms with van der Waals surface area (Å²) in [4.78, 5) is 21.2. The Bertz CT molecular complexity index is 1570. The van der Waals surface area contributed by atoms with Crippen LogP contribution in [0.4, 0.5) is 14.6 Å². The van der Waals surface area contributed by atoms with E-state index >= 15 is 0 Å². The van der Waals surface area contributed by atoms with Crippen molar-refractivity contribution in [2.24, 2.45) is 0 Å². The highest BCUT2D eigenvalue weighted by Crippen LogP contribution is 2.27. The lowest BCUT2D eigenvalue weighted by Crippen LogP contribution is -2.53. The van der Waals surface area contributed by atoms with E-state index < -0.39 is 27.8 Å². The predicted molar refractivity (Wildman–Crippen MR) is 131 cm³/mol. The monoisotopic (exact) mass is 544 g/mol. The fourth-order valence-electron chi connectivity index (χ4n) is 4.08. The van der Waals surface area contributed by atoms with E-state index in [2.05, 4.69) is 20.2 Å². The van der Waals surface area contributed by atoms with Gasteiger partial charge in [0.2, 0.25) is 5.91 Å². The lowest BCUT2D eigenvalue weighted by molar-refractivity contribution is -0.117. The zero-order valence-corrected chi connectivity index (χ0v) is 20.9. The molecule has 12 nitrogen and oxygen atoms in total. The molecule has 0 atom stereocenters. The van der Waals surface area contributed by atoms with Gasteiger partial charge in [-0.15, -0.1) is 0 Å². The van der Waals surface area contributed by atoms with Gasteiger partial charge in [-0.3, -0.25) is 9.48 Å². The highest BCUT2D eigenvalue weighted by atomic mass is 32.2. The first-order valence-corrected chi connectivity index (χ1v) is 12.9. The quantitative estimate of drug-likeness (QED) is 0.369. The number of carbonyl (C=O) groups excluding carboxylic acids is 1. The summed E-state index contributed by atoms with van der Waals surface area (Å²) >= 11 is 0. The molecule has 1 aliphatic heterocycles.